The predicted molar refractivity (Wildman–Crippen MR) is 98.0 cm³/mol. The van der Waals surface area contributed by atoms with E-state index >= 15 is 0 Å². The molecule has 5 nitrogen and oxygen atoms in total. The first-order chi connectivity index (χ1) is 12.0. The third-order valence-corrected chi connectivity index (χ3v) is 4.57. The van der Waals surface area contributed by atoms with Crippen LogP contribution in [0.15, 0.2) is 36.4 Å². The van der Waals surface area contributed by atoms with Crippen molar-refractivity contribution in [2.75, 3.05) is 36.8 Å². The van der Waals surface area contributed by atoms with Crippen LogP contribution in [0, 0.1) is 12.7 Å². The fourth-order valence-corrected chi connectivity index (χ4v) is 3.31. The van der Waals surface area contributed by atoms with Gasteiger partial charge >= 0.3 is 0 Å². The standard InChI is InChI=1S/C19H23FN4O/c1-13-9-16(22)11-17(20)18(13)23-5-7-24(8-6-23)19(25)15-4-2-3-14(10-15)12-21/h2-4,9-11H,5-8,12,21-22H2,1H3. The molecule has 132 valence electrons. The number of carbonyl (C=O) groups is 1. The molecule has 4 N–H and O–H groups in total. The average Bonchev–Trinajstić information content (AvgIpc) is 2.61. The van der Waals surface area contributed by atoms with Crippen LogP contribution >= 0.6 is 0 Å². The molecule has 6 heteroatoms. The lowest BCUT2D eigenvalue weighted by atomic mass is 10.1. The van der Waals surface area contributed by atoms with E-state index in [0.717, 1.165) is 11.1 Å². The minimum Gasteiger partial charge on any atom is -0.399 e. The van der Waals surface area contributed by atoms with E-state index in [0.29, 0.717) is 49.7 Å². The summed E-state index contributed by atoms with van der Waals surface area (Å²) in [5, 5.41) is 0. The van der Waals surface area contributed by atoms with E-state index < -0.39 is 0 Å². The second kappa shape index (κ2) is 7.11. The summed E-state index contributed by atoms with van der Waals surface area (Å²) in [5.41, 5.74) is 14.7. The van der Waals surface area contributed by atoms with Gasteiger partial charge < -0.3 is 21.3 Å². The molecule has 0 spiro atoms. The Hall–Kier alpha value is -2.60. The van der Waals surface area contributed by atoms with Crippen molar-refractivity contribution < 1.29 is 9.18 Å². The van der Waals surface area contributed by atoms with Gasteiger partial charge in [0.05, 0.1) is 5.69 Å². The largest absolute Gasteiger partial charge is 0.399 e. The number of hydrogen-bond acceptors (Lipinski definition) is 4. The number of nitrogens with zero attached hydrogens (tertiary/aromatic N) is 2. The van der Waals surface area contributed by atoms with Crippen molar-refractivity contribution in [3.8, 4) is 0 Å². The van der Waals surface area contributed by atoms with Gasteiger partial charge in [-0.2, -0.15) is 0 Å². The zero-order valence-corrected chi connectivity index (χ0v) is 14.3. The summed E-state index contributed by atoms with van der Waals surface area (Å²) in [6, 6.07) is 10.5. The van der Waals surface area contributed by atoms with Crippen molar-refractivity contribution in [1.82, 2.24) is 4.90 Å². The summed E-state index contributed by atoms with van der Waals surface area (Å²) in [6.07, 6.45) is 0. The van der Waals surface area contributed by atoms with Gasteiger partial charge in [-0.15, -0.1) is 0 Å². The Morgan fingerprint density at radius 2 is 1.88 bits per heavy atom. The van der Waals surface area contributed by atoms with Crippen molar-refractivity contribution in [3.63, 3.8) is 0 Å². The number of piperazine rings is 1. The molecule has 1 heterocycles. The summed E-state index contributed by atoms with van der Waals surface area (Å²) in [4.78, 5) is 16.4. The first kappa shape index (κ1) is 17.2. The fraction of sp³-hybridized carbons (Fsp3) is 0.316. The molecule has 0 unspecified atom stereocenters. The lowest BCUT2D eigenvalue weighted by molar-refractivity contribution is 0.0746. The summed E-state index contributed by atoms with van der Waals surface area (Å²) >= 11 is 0. The third-order valence-electron chi connectivity index (χ3n) is 4.57. The van der Waals surface area contributed by atoms with Crippen molar-refractivity contribution in [2.24, 2.45) is 5.73 Å². The van der Waals surface area contributed by atoms with Crippen LogP contribution in [0.1, 0.15) is 21.5 Å². The molecule has 1 saturated heterocycles. The van der Waals surface area contributed by atoms with Gasteiger partial charge in [-0.1, -0.05) is 12.1 Å². The van der Waals surface area contributed by atoms with E-state index in [2.05, 4.69) is 0 Å². The fourth-order valence-electron chi connectivity index (χ4n) is 3.31. The number of carbonyl (C=O) groups excluding carboxylic acids is 1. The molecule has 2 aromatic carbocycles. The molecule has 25 heavy (non-hydrogen) atoms. The van der Waals surface area contributed by atoms with Gasteiger partial charge in [-0.05, 0) is 42.3 Å². The number of amides is 1. The minimum absolute atomic E-state index is 0.00977. The molecule has 0 radical (unpaired) electrons. The molecule has 0 saturated carbocycles. The van der Waals surface area contributed by atoms with Crippen molar-refractivity contribution >= 4 is 17.3 Å². The second-order valence-corrected chi connectivity index (χ2v) is 6.35. The highest BCUT2D eigenvalue weighted by Gasteiger charge is 2.24. The van der Waals surface area contributed by atoms with Gasteiger partial charge in [0.1, 0.15) is 5.82 Å². The van der Waals surface area contributed by atoms with Crippen LogP contribution in [0.25, 0.3) is 0 Å². The molecule has 1 fully saturated rings. The molecule has 0 atom stereocenters. The number of aryl methyl sites for hydroxylation is 1. The lowest BCUT2D eigenvalue weighted by Crippen LogP contribution is -2.49. The molecule has 1 amide bonds. The Kier molecular flexibility index (Phi) is 4.90. The minimum atomic E-state index is -0.312. The van der Waals surface area contributed by atoms with Crippen LogP contribution in [-0.2, 0) is 6.54 Å². The van der Waals surface area contributed by atoms with Gasteiger partial charge in [-0.25, -0.2) is 4.39 Å². The number of nitrogens with two attached hydrogens (primary N) is 2. The van der Waals surface area contributed by atoms with E-state index in [-0.39, 0.29) is 11.7 Å². The molecule has 0 aliphatic carbocycles. The first-order valence-electron chi connectivity index (χ1n) is 8.38. The van der Waals surface area contributed by atoms with E-state index in [1.807, 2.05) is 30.0 Å². The number of benzene rings is 2. The number of rotatable bonds is 3. The second-order valence-electron chi connectivity index (χ2n) is 6.35. The molecule has 1 aliphatic rings. The molecule has 1 aliphatic heterocycles. The molecular formula is C19H23FN4O. The quantitative estimate of drug-likeness (QED) is 0.838. The van der Waals surface area contributed by atoms with Crippen LogP contribution in [0.3, 0.4) is 0 Å². The maximum atomic E-state index is 14.3. The maximum absolute atomic E-state index is 14.3. The molecular weight excluding hydrogens is 319 g/mol. The number of anilines is 2. The summed E-state index contributed by atoms with van der Waals surface area (Å²) < 4.78 is 14.3. The monoisotopic (exact) mass is 342 g/mol. The normalized spacial score (nSPS) is 14.7. The predicted octanol–water partition coefficient (Wildman–Crippen LogP) is 2.14. The van der Waals surface area contributed by atoms with Gasteiger partial charge in [0.2, 0.25) is 0 Å². The Morgan fingerprint density at radius 1 is 1.16 bits per heavy atom. The van der Waals surface area contributed by atoms with Crippen LogP contribution in [-0.4, -0.2) is 37.0 Å². The number of halogens is 1. The van der Waals surface area contributed by atoms with E-state index in [1.54, 1.807) is 17.0 Å². The van der Waals surface area contributed by atoms with Crippen molar-refractivity contribution in [1.29, 1.82) is 0 Å². The van der Waals surface area contributed by atoms with Gasteiger partial charge in [0, 0.05) is 44.0 Å². The van der Waals surface area contributed by atoms with Gasteiger partial charge in [0.15, 0.2) is 0 Å². The number of nitrogen functional groups attached to an aromatic ring is 1. The summed E-state index contributed by atoms with van der Waals surface area (Å²) in [6.45, 7) is 4.53. The highest BCUT2D eigenvalue weighted by molar-refractivity contribution is 5.94. The summed E-state index contributed by atoms with van der Waals surface area (Å²) in [7, 11) is 0. The maximum Gasteiger partial charge on any atom is 0.253 e. The van der Waals surface area contributed by atoms with Crippen LogP contribution in [0.4, 0.5) is 15.8 Å². The Bertz CT molecular complexity index is 762. The van der Waals surface area contributed by atoms with Crippen LogP contribution in [0.5, 0.6) is 0 Å². The average molecular weight is 342 g/mol. The molecule has 3 rings (SSSR count). The SMILES string of the molecule is Cc1cc(N)cc(F)c1N1CCN(C(=O)c2cccc(CN)c2)CC1. The Morgan fingerprint density at radius 3 is 2.52 bits per heavy atom. The highest BCUT2D eigenvalue weighted by atomic mass is 19.1. The Balaban J connectivity index is 1.70. The smallest absolute Gasteiger partial charge is 0.253 e. The van der Waals surface area contributed by atoms with Crippen LogP contribution in [0.2, 0.25) is 0 Å². The zero-order valence-electron chi connectivity index (χ0n) is 14.3. The van der Waals surface area contributed by atoms with Crippen LogP contribution < -0.4 is 16.4 Å². The Labute approximate surface area is 147 Å². The van der Waals surface area contributed by atoms with Gasteiger partial charge in [0.25, 0.3) is 5.91 Å². The first-order valence-corrected chi connectivity index (χ1v) is 8.38. The van der Waals surface area contributed by atoms with Crippen molar-refractivity contribution in [3.05, 3.63) is 58.9 Å². The zero-order chi connectivity index (χ0) is 18.0. The highest BCUT2D eigenvalue weighted by Crippen LogP contribution is 2.27. The van der Waals surface area contributed by atoms with E-state index in [1.165, 1.54) is 6.07 Å². The van der Waals surface area contributed by atoms with Gasteiger partial charge in [-0.3, -0.25) is 4.79 Å². The van der Waals surface area contributed by atoms with E-state index in [9.17, 15) is 9.18 Å². The molecule has 0 bridgehead atoms. The molecule has 0 aromatic heterocycles. The van der Waals surface area contributed by atoms with Crippen molar-refractivity contribution in [2.45, 2.75) is 13.5 Å². The van der Waals surface area contributed by atoms with E-state index in [4.69, 9.17) is 11.5 Å². The molecule has 2 aromatic rings. The summed E-state index contributed by atoms with van der Waals surface area (Å²) in [5.74, 6) is -0.322. The lowest BCUT2D eigenvalue weighted by Gasteiger charge is -2.37. The third kappa shape index (κ3) is 3.58. The number of hydrogen-bond donors (Lipinski definition) is 2. The topological polar surface area (TPSA) is 75.6 Å².